The molecule has 5 heteroatoms. The first-order chi connectivity index (χ1) is 10.9. The maximum atomic E-state index is 12.3. The molecule has 5 nitrogen and oxygen atoms in total. The summed E-state index contributed by atoms with van der Waals surface area (Å²) in [5.41, 5.74) is 7.43. The lowest BCUT2D eigenvalue weighted by molar-refractivity contribution is -0.121. The Balaban J connectivity index is 1.87. The summed E-state index contributed by atoms with van der Waals surface area (Å²) in [6.45, 7) is 4.02. The van der Waals surface area contributed by atoms with Crippen molar-refractivity contribution in [2.75, 3.05) is 10.6 Å². The third kappa shape index (κ3) is 5.67. The van der Waals surface area contributed by atoms with Crippen molar-refractivity contribution in [3.05, 3.63) is 24.3 Å². The van der Waals surface area contributed by atoms with Crippen LogP contribution in [0, 0.1) is 11.8 Å². The highest BCUT2D eigenvalue weighted by molar-refractivity contribution is 5.94. The monoisotopic (exact) mass is 317 g/mol. The molecule has 0 spiro atoms. The van der Waals surface area contributed by atoms with Crippen molar-refractivity contribution in [1.82, 2.24) is 0 Å². The van der Waals surface area contributed by atoms with Gasteiger partial charge in [0.2, 0.25) is 11.8 Å². The van der Waals surface area contributed by atoms with Crippen LogP contribution in [-0.4, -0.2) is 17.9 Å². The van der Waals surface area contributed by atoms with Crippen molar-refractivity contribution in [2.24, 2.45) is 17.6 Å². The molecule has 0 aromatic heterocycles. The lowest BCUT2D eigenvalue weighted by Crippen LogP contribution is -2.34. The van der Waals surface area contributed by atoms with Crippen molar-refractivity contribution in [3.8, 4) is 0 Å². The summed E-state index contributed by atoms with van der Waals surface area (Å²) in [7, 11) is 0. The lowest BCUT2D eigenvalue weighted by atomic mass is 9.85. The molecule has 2 atom stereocenters. The molecular formula is C18H27N3O2. The van der Waals surface area contributed by atoms with E-state index in [-0.39, 0.29) is 23.8 Å². The third-order valence-corrected chi connectivity index (χ3v) is 4.12. The van der Waals surface area contributed by atoms with Gasteiger partial charge in [-0.2, -0.15) is 0 Å². The summed E-state index contributed by atoms with van der Waals surface area (Å²) in [5, 5.41) is 5.79. The number of hydrogen-bond donors (Lipinski definition) is 3. The molecule has 0 bridgehead atoms. The van der Waals surface area contributed by atoms with E-state index in [0.29, 0.717) is 12.3 Å². The fraction of sp³-hybridized carbons (Fsp3) is 0.556. The number of anilines is 2. The van der Waals surface area contributed by atoms with Gasteiger partial charge in [0, 0.05) is 29.8 Å². The second kappa shape index (κ2) is 8.11. The molecule has 0 radical (unpaired) electrons. The van der Waals surface area contributed by atoms with Gasteiger partial charge >= 0.3 is 0 Å². The number of amides is 2. The molecule has 2 rings (SSSR count). The van der Waals surface area contributed by atoms with Crippen LogP contribution in [0.15, 0.2) is 24.3 Å². The fourth-order valence-corrected chi connectivity index (χ4v) is 2.93. The standard InChI is InChI=1S/C18H27N3O2/c1-12(2)10-17(22)20-15-6-8-16(9-7-15)21-18(23)13-4-3-5-14(19)11-13/h6-9,12-14H,3-5,10-11,19H2,1-2H3,(H,20,22)(H,21,23). The van der Waals surface area contributed by atoms with E-state index in [0.717, 1.165) is 37.1 Å². The van der Waals surface area contributed by atoms with E-state index < -0.39 is 0 Å². The van der Waals surface area contributed by atoms with E-state index in [2.05, 4.69) is 10.6 Å². The van der Waals surface area contributed by atoms with Crippen molar-refractivity contribution < 1.29 is 9.59 Å². The lowest BCUT2D eigenvalue weighted by Gasteiger charge is -2.25. The number of nitrogens with two attached hydrogens (primary N) is 1. The van der Waals surface area contributed by atoms with Gasteiger partial charge in [0.25, 0.3) is 0 Å². The minimum atomic E-state index is 0.00386. The molecule has 2 amide bonds. The Morgan fingerprint density at radius 3 is 2.30 bits per heavy atom. The molecule has 126 valence electrons. The van der Waals surface area contributed by atoms with Crippen LogP contribution in [0.25, 0.3) is 0 Å². The number of benzene rings is 1. The Morgan fingerprint density at radius 2 is 1.74 bits per heavy atom. The van der Waals surface area contributed by atoms with Crippen LogP contribution in [0.2, 0.25) is 0 Å². The molecule has 1 aliphatic rings. The molecule has 1 saturated carbocycles. The second-order valence-electron chi connectivity index (χ2n) is 6.84. The van der Waals surface area contributed by atoms with Gasteiger partial charge in [0.05, 0.1) is 0 Å². The van der Waals surface area contributed by atoms with Gasteiger partial charge in [0.15, 0.2) is 0 Å². The van der Waals surface area contributed by atoms with Gasteiger partial charge in [-0.3, -0.25) is 9.59 Å². The SMILES string of the molecule is CC(C)CC(=O)Nc1ccc(NC(=O)C2CCCC(N)C2)cc1. The Kier molecular flexibility index (Phi) is 6.16. The number of carbonyl (C=O) groups excluding carboxylic acids is 2. The van der Waals surface area contributed by atoms with Crippen molar-refractivity contribution >= 4 is 23.2 Å². The highest BCUT2D eigenvalue weighted by Gasteiger charge is 2.25. The summed E-state index contributed by atoms with van der Waals surface area (Å²) in [4.78, 5) is 24.0. The molecule has 1 aromatic carbocycles. The van der Waals surface area contributed by atoms with E-state index >= 15 is 0 Å². The van der Waals surface area contributed by atoms with E-state index in [1.807, 2.05) is 26.0 Å². The van der Waals surface area contributed by atoms with Crippen LogP contribution in [0.3, 0.4) is 0 Å². The van der Waals surface area contributed by atoms with Crippen LogP contribution in [0.1, 0.15) is 46.0 Å². The molecule has 1 aliphatic carbocycles. The van der Waals surface area contributed by atoms with Crippen LogP contribution in [0.5, 0.6) is 0 Å². The van der Waals surface area contributed by atoms with Crippen LogP contribution in [0.4, 0.5) is 11.4 Å². The summed E-state index contributed by atoms with van der Waals surface area (Å²) >= 11 is 0. The Bertz CT molecular complexity index is 540. The minimum Gasteiger partial charge on any atom is -0.328 e. The van der Waals surface area contributed by atoms with Crippen molar-refractivity contribution in [2.45, 2.75) is 52.0 Å². The highest BCUT2D eigenvalue weighted by Crippen LogP contribution is 2.25. The Hall–Kier alpha value is -1.88. The topological polar surface area (TPSA) is 84.2 Å². The number of nitrogens with one attached hydrogen (secondary N) is 2. The van der Waals surface area contributed by atoms with E-state index in [4.69, 9.17) is 5.73 Å². The predicted octanol–water partition coefficient (Wildman–Crippen LogP) is 3.13. The third-order valence-electron chi connectivity index (χ3n) is 4.12. The summed E-state index contributed by atoms with van der Waals surface area (Å²) in [6.07, 6.45) is 4.19. The largest absolute Gasteiger partial charge is 0.328 e. The van der Waals surface area contributed by atoms with Gasteiger partial charge in [0.1, 0.15) is 0 Å². The summed E-state index contributed by atoms with van der Waals surface area (Å²) < 4.78 is 0. The number of carbonyl (C=O) groups is 2. The molecule has 4 N–H and O–H groups in total. The van der Waals surface area contributed by atoms with Gasteiger partial charge in [-0.15, -0.1) is 0 Å². The smallest absolute Gasteiger partial charge is 0.227 e. The zero-order valence-electron chi connectivity index (χ0n) is 14.0. The summed E-state index contributed by atoms with van der Waals surface area (Å²) in [6, 6.07) is 7.37. The van der Waals surface area contributed by atoms with E-state index in [1.165, 1.54) is 0 Å². The van der Waals surface area contributed by atoms with E-state index in [9.17, 15) is 9.59 Å². The normalized spacial score (nSPS) is 21.0. The van der Waals surface area contributed by atoms with Gasteiger partial charge < -0.3 is 16.4 Å². The maximum Gasteiger partial charge on any atom is 0.227 e. The molecule has 1 aromatic rings. The Labute approximate surface area is 138 Å². The number of hydrogen-bond acceptors (Lipinski definition) is 3. The minimum absolute atomic E-state index is 0.00386. The zero-order chi connectivity index (χ0) is 16.8. The molecule has 0 aliphatic heterocycles. The molecule has 0 saturated heterocycles. The molecule has 23 heavy (non-hydrogen) atoms. The maximum absolute atomic E-state index is 12.3. The molecule has 2 unspecified atom stereocenters. The molecule has 0 heterocycles. The fourth-order valence-electron chi connectivity index (χ4n) is 2.93. The van der Waals surface area contributed by atoms with Crippen LogP contribution >= 0.6 is 0 Å². The van der Waals surface area contributed by atoms with Gasteiger partial charge in [-0.25, -0.2) is 0 Å². The quantitative estimate of drug-likeness (QED) is 0.780. The first-order valence-electron chi connectivity index (χ1n) is 8.40. The van der Waals surface area contributed by atoms with Gasteiger partial charge in [-0.05, 0) is 49.4 Å². The Morgan fingerprint density at radius 1 is 1.13 bits per heavy atom. The van der Waals surface area contributed by atoms with Crippen molar-refractivity contribution in [1.29, 1.82) is 0 Å². The number of rotatable bonds is 5. The van der Waals surface area contributed by atoms with Crippen LogP contribution < -0.4 is 16.4 Å². The average molecular weight is 317 g/mol. The predicted molar refractivity (Wildman–Crippen MR) is 93.1 cm³/mol. The molecular weight excluding hydrogens is 290 g/mol. The van der Waals surface area contributed by atoms with Crippen LogP contribution in [-0.2, 0) is 9.59 Å². The average Bonchev–Trinajstić information content (AvgIpc) is 2.48. The summed E-state index contributed by atoms with van der Waals surface area (Å²) in [5.74, 6) is 0.379. The van der Waals surface area contributed by atoms with Gasteiger partial charge in [-0.1, -0.05) is 20.3 Å². The van der Waals surface area contributed by atoms with E-state index in [1.54, 1.807) is 12.1 Å². The first-order valence-corrected chi connectivity index (χ1v) is 8.40. The second-order valence-corrected chi connectivity index (χ2v) is 6.84. The zero-order valence-corrected chi connectivity index (χ0v) is 14.0. The molecule has 1 fully saturated rings. The first kappa shape index (κ1) is 17.5. The highest BCUT2D eigenvalue weighted by atomic mass is 16.2. The van der Waals surface area contributed by atoms with Crippen molar-refractivity contribution in [3.63, 3.8) is 0 Å².